The van der Waals surface area contributed by atoms with E-state index in [2.05, 4.69) is 22.5 Å². The molecule has 0 aromatic carbocycles. The molecule has 0 bridgehead atoms. The molecule has 1 aromatic heterocycles. The standard InChI is InChI=1S/C16H22N4OS/c1-10-4-2-3-5-13(10)14-8-18-16(22-14)20-15(21)11-6-12(7-11)19-9-17/h8,10-13,19H,2-7H2,1H3,(H,18,20,21)/t10-,11?,12?,13-/m1/s1. The first kappa shape index (κ1) is 15.3. The van der Waals surface area contributed by atoms with Crippen LogP contribution in [0.4, 0.5) is 5.13 Å². The highest BCUT2D eigenvalue weighted by Crippen LogP contribution is 2.40. The number of thiazole rings is 1. The minimum absolute atomic E-state index is 0.00630. The van der Waals surface area contributed by atoms with Gasteiger partial charge in [-0.3, -0.25) is 4.79 Å². The first-order valence-corrected chi connectivity index (χ1v) is 8.90. The fourth-order valence-electron chi connectivity index (χ4n) is 3.50. The van der Waals surface area contributed by atoms with Crippen LogP contribution in [0.3, 0.4) is 0 Å². The zero-order chi connectivity index (χ0) is 15.5. The number of hydrogen-bond donors (Lipinski definition) is 2. The smallest absolute Gasteiger partial charge is 0.229 e. The van der Waals surface area contributed by atoms with Crippen LogP contribution in [0.2, 0.25) is 0 Å². The van der Waals surface area contributed by atoms with Crippen LogP contribution in [0.15, 0.2) is 6.20 Å². The van der Waals surface area contributed by atoms with Gasteiger partial charge in [0.2, 0.25) is 5.91 Å². The molecule has 0 saturated heterocycles. The van der Waals surface area contributed by atoms with Crippen LogP contribution in [0.1, 0.15) is 56.2 Å². The third kappa shape index (κ3) is 3.25. The predicted octanol–water partition coefficient (Wildman–Crippen LogP) is 3.22. The highest BCUT2D eigenvalue weighted by atomic mass is 32.1. The molecular weight excluding hydrogens is 296 g/mol. The molecule has 2 atom stereocenters. The highest BCUT2D eigenvalue weighted by Gasteiger charge is 2.35. The van der Waals surface area contributed by atoms with Crippen LogP contribution >= 0.6 is 11.3 Å². The van der Waals surface area contributed by atoms with E-state index in [-0.39, 0.29) is 17.9 Å². The van der Waals surface area contributed by atoms with E-state index in [1.54, 1.807) is 11.3 Å². The molecule has 5 nitrogen and oxygen atoms in total. The number of nitrogens with zero attached hydrogens (tertiary/aromatic N) is 2. The second kappa shape index (κ2) is 6.66. The van der Waals surface area contributed by atoms with Gasteiger partial charge in [0.15, 0.2) is 11.3 Å². The summed E-state index contributed by atoms with van der Waals surface area (Å²) in [6.07, 6.45) is 10.5. The van der Waals surface area contributed by atoms with E-state index in [1.165, 1.54) is 30.6 Å². The van der Waals surface area contributed by atoms with Crippen molar-refractivity contribution in [2.45, 2.75) is 57.4 Å². The van der Waals surface area contributed by atoms with Gasteiger partial charge in [-0.2, -0.15) is 5.26 Å². The molecule has 22 heavy (non-hydrogen) atoms. The second-order valence-corrected chi connectivity index (χ2v) is 7.61. The van der Waals surface area contributed by atoms with Crippen LogP contribution in [-0.4, -0.2) is 16.9 Å². The Morgan fingerprint density at radius 3 is 2.91 bits per heavy atom. The normalized spacial score (nSPS) is 30.9. The third-order valence-electron chi connectivity index (χ3n) is 5.01. The minimum atomic E-state index is 0.00630. The summed E-state index contributed by atoms with van der Waals surface area (Å²) in [7, 11) is 0. The zero-order valence-corrected chi connectivity index (χ0v) is 13.7. The number of carbonyl (C=O) groups is 1. The number of rotatable bonds is 4. The van der Waals surface area contributed by atoms with Gasteiger partial charge in [0.1, 0.15) is 0 Å². The Labute approximate surface area is 135 Å². The van der Waals surface area contributed by atoms with Gasteiger partial charge in [-0.05, 0) is 31.1 Å². The molecule has 1 aromatic rings. The van der Waals surface area contributed by atoms with Crippen molar-refractivity contribution < 1.29 is 4.79 Å². The molecule has 6 heteroatoms. The molecule has 0 spiro atoms. The molecule has 2 N–H and O–H groups in total. The van der Waals surface area contributed by atoms with Gasteiger partial charge < -0.3 is 10.6 Å². The van der Waals surface area contributed by atoms with Crippen molar-refractivity contribution in [1.29, 1.82) is 5.26 Å². The fourth-order valence-corrected chi connectivity index (χ4v) is 4.59. The van der Waals surface area contributed by atoms with E-state index >= 15 is 0 Å². The van der Waals surface area contributed by atoms with Crippen LogP contribution in [0, 0.1) is 23.3 Å². The molecule has 0 unspecified atom stereocenters. The number of nitriles is 1. The van der Waals surface area contributed by atoms with E-state index in [4.69, 9.17) is 5.26 Å². The van der Waals surface area contributed by atoms with Gasteiger partial charge in [-0.15, -0.1) is 11.3 Å². The van der Waals surface area contributed by atoms with E-state index in [0.29, 0.717) is 11.8 Å². The monoisotopic (exact) mass is 318 g/mol. The maximum Gasteiger partial charge on any atom is 0.229 e. The van der Waals surface area contributed by atoms with Gasteiger partial charge in [-0.25, -0.2) is 4.98 Å². The summed E-state index contributed by atoms with van der Waals surface area (Å²) in [6, 6.07) is 0.163. The summed E-state index contributed by atoms with van der Waals surface area (Å²) in [4.78, 5) is 17.8. The van der Waals surface area contributed by atoms with Gasteiger partial charge in [-0.1, -0.05) is 26.2 Å². The zero-order valence-electron chi connectivity index (χ0n) is 12.8. The summed E-state index contributed by atoms with van der Waals surface area (Å²) in [5.74, 6) is 1.35. The van der Waals surface area contributed by atoms with E-state index in [9.17, 15) is 4.79 Å². The topological polar surface area (TPSA) is 77.8 Å². The lowest BCUT2D eigenvalue weighted by atomic mass is 9.80. The Morgan fingerprint density at radius 1 is 1.41 bits per heavy atom. The first-order valence-electron chi connectivity index (χ1n) is 8.08. The van der Waals surface area contributed by atoms with Crippen molar-refractivity contribution in [2.24, 2.45) is 11.8 Å². The maximum atomic E-state index is 12.1. The van der Waals surface area contributed by atoms with Crippen molar-refractivity contribution in [1.82, 2.24) is 10.3 Å². The largest absolute Gasteiger partial charge is 0.321 e. The number of carbonyl (C=O) groups excluding carboxylic acids is 1. The van der Waals surface area contributed by atoms with Crippen LogP contribution in [-0.2, 0) is 4.79 Å². The molecule has 2 fully saturated rings. The third-order valence-corrected chi connectivity index (χ3v) is 6.05. The average molecular weight is 318 g/mol. The van der Waals surface area contributed by atoms with Gasteiger partial charge in [0.25, 0.3) is 0 Å². The van der Waals surface area contributed by atoms with Gasteiger partial charge >= 0.3 is 0 Å². The number of amides is 1. The van der Waals surface area contributed by atoms with Crippen molar-refractivity contribution in [3.8, 4) is 6.19 Å². The molecule has 2 aliphatic rings. The SMILES string of the molecule is C[C@@H]1CCCC[C@H]1c1cnc(NC(=O)C2CC(NC#N)C2)s1. The Hall–Kier alpha value is -1.61. The molecule has 3 rings (SSSR count). The number of hydrogen-bond acceptors (Lipinski definition) is 5. The van der Waals surface area contributed by atoms with Crippen LogP contribution in [0.25, 0.3) is 0 Å². The summed E-state index contributed by atoms with van der Waals surface area (Å²) >= 11 is 1.62. The van der Waals surface area contributed by atoms with Gasteiger partial charge in [0.05, 0.1) is 0 Å². The molecule has 2 saturated carbocycles. The van der Waals surface area contributed by atoms with E-state index < -0.39 is 0 Å². The average Bonchev–Trinajstić information content (AvgIpc) is 2.91. The predicted molar refractivity (Wildman–Crippen MR) is 86.4 cm³/mol. The first-order chi connectivity index (χ1) is 10.7. The lowest BCUT2D eigenvalue weighted by Gasteiger charge is -2.32. The Kier molecular flexibility index (Phi) is 4.63. The molecule has 118 valence electrons. The summed E-state index contributed by atoms with van der Waals surface area (Å²) in [5, 5.41) is 14.9. The summed E-state index contributed by atoms with van der Waals surface area (Å²) in [6.45, 7) is 2.32. The summed E-state index contributed by atoms with van der Waals surface area (Å²) < 4.78 is 0. The van der Waals surface area contributed by atoms with E-state index in [0.717, 1.165) is 18.0 Å². The van der Waals surface area contributed by atoms with Gasteiger partial charge in [0, 0.05) is 23.0 Å². The Morgan fingerprint density at radius 2 is 2.18 bits per heavy atom. The minimum Gasteiger partial charge on any atom is -0.321 e. The van der Waals surface area contributed by atoms with Crippen molar-refractivity contribution >= 4 is 22.4 Å². The molecular formula is C16H22N4OS. The van der Waals surface area contributed by atoms with E-state index in [1.807, 2.05) is 12.4 Å². The van der Waals surface area contributed by atoms with Crippen molar-refractivity contribution in [2.75, 3.05) is 5.32 Å². The molecule has 1 amide bonds. The number of nitrogens with one attached hydrogen (secondary N) is 2. The lowest BCUT2D eigenvalue weighted by Crippen LogP contribution is -2.44. The highest BCUT2D eigenvalue weighted by molar-refractivity contribution is 7.15. The summed E-state index contributed by atoms with van der Waals surface area (Å²) in [5.41, 5.74) is 0. The van der Waals surface area contributed by atoms with Crippen molar-refractivity contribution in [3.05, 3.63) is 11.1 Å². The molecule has 2 aliphatic carbocycles. The van der Waals surface area contributed by atoms with Crippen LogP contribution < -0.4 is 10.6 Å². The number of anilines is 1. The molecule has 0 aliphatic heterocycles. The Balaban J connectivity index is 1.54. The Bertz CT molecular complexity index is 573. The van der Waals surface area contributed by atoms with Crippen LogP contribution in [0.5, 0.6) is 0 Å². The molecule has 1 heterocycles. The fraction of sp³-hybridized carbons (Fsp3) is 0.688. The number of aromatic nitrogens is 1. The second-order valence-electron chi connectivity index (χ2n) is 6.55. The maximum absolute atomic E-state index is 12.1. The quantitative estimate of drug-likeness (QED) is 0.660. The molecule has 0 radical (unpaired) electrons. The van der Waals surface area contributed by atoms with Crippen molar-refractivity contribution in [3.63, 3.8) is 0 Å². The lowest BCUT2D eigenvalue weighted by molar-refractivity contribution is -0.122.